The van der Waals surface area contributed by atoms with Gasteiger partial charge in [-0.1, -0.05) is 20.3 Å². The Morgan fingerprint density at radius 2 is 2.37 bits per heavy atom. The van der Waals surface area contributed by atoms with E-state index in [1.807, 2.05) is 10.7 Å². The Kier molecular flexibility index (Phi) is 4.63. The van der Waals surface area contributed by atoms with Gasteiger partial charge in [0, 0.05) is 24.7 Å². The zero-order valence-electron chi connectivity index (χ0n) is 12.2. The van der Waals surface area contributed by atoms with Crippen LogP contribution in [-0.2, 0) is 6.54 Å². The number of nitrogens with zero attached hydrogens (tertiary/aromatic N) is 2. The topological polar surface area (TPSA) is 64.1 Å². The van der Waals surface area contributed by atoms with Gasteiger partial charge in [0.15, 0.2) is 0 Å². The van der Waals surface area contributed by atoms with E-state index in [-0.39, 0.29) is 5.41 Å². The molecule has 1 aromatic rings. The molecule has 0 saturated heterocycles. The molecule has 1 aromatic heterocycles. The van der Waals surface area contributed by atoms with Gasteiger partial charge in [-0.15, -0.1) is 0 Å². The number of nitrogens with two attached hydrogens (primary N) is 1. The SMILES string of the molecule is CCCn1nccc1C(O)C1(CN)CCC(CC)C1. The fraction of sp³-hybridized carbons (Fsp3) is 0.800. The molecular formula is C15H27N3O. The second-order valence-corrected chi connectivity index (χ2v) is 5.97. The summed E-state index contributed by atoms with van der Waals surface area (Å²) in [6, 6.07) is 1.94. The van der Waals surface area contributed by atoms with E-state index >= 15 is 0 Å². The summed E-state index contributed by atoms with van der Waals surface area (Å²) in [5.74, 6) is 0.709. The molecule has 0 amide bonds. The van der Waals surface area contributed by atoms with Gasteiger partial charge in [0.2, 0.25) is 0 Å². The monoisotopic (exact) mass is 265 g/mol. The molecule has 0 aromatic carbocycles. The van der Waals surface area contributed by atoms with Crippen LogP contribution in [0, 0.1) is 11.3 Å². The molecule has 4 nitrogen and oxygen atoms in total. The van der Waals surface area contributed by atoms with Gasteiger partial charge < -0.3 is 10.8 Å². The highest BCUT2D eigenvalue weighted by Crippen LogP contribution is 2.50. The lowest BCUT2D eigenvalue weighted by Crippen LogP contribution is -2.35. The second kappa shape index (κ2) is 6.06. The lowest BCUT2D eigenvalue weighted by molar-refractivity contribution is 0.0232. The normalized spacial score (nSPS) is 28.7. The minimum Gasteiger partial charge on any atom is -0.386 e. The van der Waals surface area contributed by atoms with Gasteiger partial charge in [0.1, 0.15) is 6.10 Å². The lowest BCUT2D eigenvalue weighted by Gasteiger charge is -2.33. The van der Waals surface area contributed by atoms with Crippen LogP contribution in [0.1, 0.15) is 57.7 Å². The molecule has 0 radical (unpaired) electrons. The molecule has 2 rings (SSSR count). The first-order valence-corrected chi connectivity index (χ1v) is 7.56. The van der Waals surface area contributed by atoms with Crippen molar-refractivity contribution in [2.45, 2.75) is 58.6 Å². The number of aliphatic hydroxyl groups excluding tert-OH is 1. The predicted molar refractivity (Wildman–Crippen MR) is 76.6 cm³/mol. The van der Waals surface area contributed by atoms with E-state index in [1.165, 1.54) is 12.8 Å². The molecule has 1 heterocycles. The molecule has 1 aliphatic rings. The Labute approximate surface area is 116 Å². The van der Waals surface area contributed by atoms with Crippen molar-refractivity contribution in [3.63, 3.8) is 0 Å². The highest BCUT2D eigenvalue weighted by atomic mass is 16.3. The van der Waals surface area contributed by atoms with Crippen LogP contribution < -0.4 is 5.73 Å². The van der Waals surface area contributed by atoms with E-state index < -0.39 is 6.10 Å². The Morgan fingerprint density at radius 1 is 1.58 bits per heavy atom. The van der Waals surface area contributed by atoms with Crippen LogP contribution in [0.4, 0.5) is 0 Å². The Hall–Kier alpha value is -0.870. The van der Waals surface area contributed by atoms with Crippen molar-refractivity contribution in [2.75, 3.05) is 6.54 Å². The van der Waals surface area contributed by atoms with E-state index in [0.717, 1.165) is 31.5 Å². The molecule has 0 spiro atoms. The summed E-state index contributed by atoms with van der Waals surface area (Å²) in [5.41, 5.74) is 6.81. The van der Waals surface area contributed by atoms with Gasteiger partial charge >= 0.3 is 0 Å². The predicted octanol–water partition coefficient (Wildman–Crippen LogP) is 2.48. The Morgan fingerprint density at radius 3 is 2.95 bits per heavy atom. The van der Waals surface area contributed by atoms with E-state index in [1.54, 1.807) is 6.20 Å². The molecule has 19 heavy (non-hydrogen) atoms. The number of rotatable bonds is 6. The summed E-state index contributed by atoms with van der Waals surface area (Å²) in [7, 11) is 0. The molecular weight excluding hydrogens is 238 g/mol. The summed E-state index contributed by atoms with van der Waals surface area (Å²) in [6.07, 6.45) is 6.76. The maximum Gasteiger partial charge on any atom is 0.102 e. The quantitative estimate of drug-likeness (QED) is 0.830. The third-order valence-corrected chi connectivity index (χ3v) is 4.77. The fourth-order valence-electron chi connectivity index (χ4n) is 3.45. The number of aliphatic hydroxyl groups is 1. The van der Waals surface area contributed by atoms with E-state index in [0.29, 0.717) is 12.5 Å². The Balaban J connectivity index is 2.21. The van der Waals surface area contributed by atoms with Gasteiger partial charge in [0.25, 0.3) is 0 Å². The van der Waals surface area contributed by atoms with Crippen LogP contribution in [0.2, 0.25) is 0 Å². The minimum absolute atomic E-state index is 0.147. The minimum atomic E-state index is -0.483. The standard InChI is InChI=1S/C15H27N3O/c1-3-9-18-13(6-8-17-18)14(19)15(11-16)7-5-12(4-2)10-15/h6,8,12,14,19H,3-5,7,9-11,16H2,1-2H3. The molecule has 1 fully saturated rings. The number of aromatic nitrogens is 2. The summed E-state index contributed by atoms with van der Waals surface area (Å²) in [5, 5.41) is 15.2. The van der Waals surface area contributed by atoms with Crippen molar-refractivity contribution in [3.8, 4) is 0 Å². The number of hydrogen-bond acceptors (Lipinski definition) is 3. The molecule has 3 atom stereocenters. The van der Waals surface area contributed by atoms with Crippen molar-refractivity contribution >= 4 is 0 Å². The first-order chi connectivity index (χ1) is 9.16. The molecule has 0 aliphatic heterocycles. The van der Waals surface area contributed by atoms with Crippen molar-refractivity contribution in [2.24, 2.45) is 17.1 Å². The molecule has 0 bridgehead atoms. The van der Waals surface area contributed by atoms with E-state index in [9.17, 15) is 5.11 Å². The molecule has 1 aliphatic carbocycles. The molecule has 1 saturated carbocycles. The smallest absolute Gasteiger partial charge is 0.102 e. The molecule has 3 unspecified atom stereocenters. The van der Waals surface area contributed by atoms with Crippen LogP contribution in [0.5, 0.6) is 0 Å². The van der Waals surface area contributed by atoms with Crippen LogP contribution in [0.3, 0.4) is 0 Å². The first-order valence-electron chi connectivity index (χ1n) is 7.56. The van der Waals surface area contributed by atoms with Gasteiger partial charge in [-0.2, -0.15) is 5.10 Å². The van der Waals surface area contributed by atoms with Gasteiger partial charge in [-0.05, 0) is 37.7 Å². The molecule has 108 valence electrons. The second-order valence-electron chi connectivity index (χ2n) is 5.97. The maximum atomic E-state index is 10.8. The van der Waals surface area contributed by atoms with Gasteiger partial charge in [-0.25, -0.2) is 0 Å². The van der Waals surface area contributed by atoms with E-state index in [2.05, 4.69) is 18.9 Å². The highest BCUT2D eigenvalue weighted by Gasteiger charge is 2.44. The summed E-state index contributed by atoms with van der Waals surface area (Å²) in [6.45, 7) is 5.77. The van der Waals surface area contributed by atoms with Crippen molar-refractivity contribution in [1.29, 1.82) is 0 Å². The summed E-state index contributed by atoms with van der Waals surface area (Å²) in [4.78, 5) is 0. The van der Waals surface area contributed by atoms with Gasteiger partial charge in [0.05, 0.1) is 5.69 Å². The maximum absolute atomic E-state index is 10.8. The largest absolute Gasteiger partial charge is 0.386 e. The third-order valence-electron chi connectivity index (χ3n) is 4.77. The van der Waals surface area contributed by atoms with E-state index in [4.69, 9.17) is 5.73 Å². The van der Waals surface area contributed by atoms with Crippen LogP contribution in [0.25, 0.3) is 0 Å². The average Bonchev–Trinajstić information content (AvgIpc) is 3.05. The Bertz CT molecular complexity index is 404. The average molecular weight is 265 g/mol. The van der Waals surface area contributed by atoms with Crippen molar-refractivity contribution < 1.29 is 5.11 Å². The zero-order valence-corrected chi connectivity index (χ0v) is 12.2. The first kappa shape index (κ1) is 14.5. The number of aryl methyl sites for hydroxylation is 1. The lowest BCUT2D eigenvalue weighted by atomic mass is 9.78. The fourth-order valence-corrected chi connectivity index (χ4v) is 3.45. The number of hydrogen-bond donors (Lipinski definition) is 2. The molecule has 3 N–H and O–H groups in total. The van der Waals surface area contributed by atoms with Crippen LogP contribution in [0.15, 0.2) is 12.3 Å². The van der Waals surface area contributed by atoms with Crippen LogP contribution >= 0.6 is 0 Å². The zero-order chi connectivity index (χ0) is 13.9. The summed E-state index contributed by atoms with van der Waals surface area (Å²) >= 11 is 0. The van der Waals surface area contributed by atoms with Gasteiger partial charge in [-0.3, -0.25) is 4.68 Å². The molecule has 4 heteroatoms. The van der Waals surface area contributed by atoms with Crippen molar-refractivity contribution in [1.82, 2.24) is 9.78 Å². The third kappa shape index (κ3) is 2.70. The summed E-state index contributed by atoms with van der Waals surface area (Å²) < 4.78 is 1.93. The highest BCUT2D eigenvalue weighted by molar-refractivity contribution is 5.11. The van der Waals surface area contributed by atoms with Crippen LogP contribution in [-0.4, -0.2) is 21.4 Å². The van der Waals surface area contributed by atoms with Crippen molar-refractivity contribution in [3.05, 3.63) is 18.0 Å².